The average molecular weight is 747 g/mol. The van der Waals surface area contributed by atoms with Gasteiger partial charge in [-0.15, -0.1) is 0 Å². The van der Waals surface area contributed by atoms with Crippen molar-refractivity contribution in [1.29, 1.82) is 0 Å². The van der Waals surface area contributed by atoms with E-state index in [9.17, 15) is 0 Å². The van der Waals surface area contributed by atoms with Crippen molar-refractivity contribution in [3.05, 3.63) is 0 Å². The number of hydrogen-bond donors (Lipinski definition) is 0. The Morgan fingerprint density at radius 2 is 0.833 bits per heavy atom. The van der Waals surface area contributed by atoms with E-state index in [1.54, 1.807) is 0 Å². The summed E-state index contributed by atoms with van der Waals surface area (Å²) < 4.78 is -1.51. The van der Waals surface area contributed by atoms with Crippen LogP contribution in [0.4, 0.5) is 0 Å². The molecule has 6 heteroatoms. The molecule has 0 saturated carbocycles. The van der Waals surface area contributed by atoms with Crippen LogP contribution in [0.1, 0.15) is 0 Å². The molecule has 0 nitrogen and oxygen atoms in total. The molecule has 0 fully saturated rings. The van der Waals surface area contributed by atoms with Gasteiger partial charge in [0.2, 0.25) is 0 Å². The fourth-order valence-electron chi connectivity index (χ4n) is 0. The van der Waals surface area contributed by atoms with Gasteiger partial charge >= 0.3 is 74.8 Å². The maximum atomic E-state index is 2.57. The Bertz CT molecular complexity index is 23.0. The summed E-state index contributed by atoms with van der Waals surface area (Å²) in [6.45, 7) is 0. The monoisotopic (exact) mass is 749 g/mol. The molecule has 0 spiro atoms. The molecule has 6 heavy (non-hydrogen) atoms. The first-order valence-electron chi connectivity index (χ1n) is 1.07. The summed E-state index contributed by atoms with van der Waals surface area (Å²) in [5.74, 6) is 0. The molecule has 0 rings (SSSR count). The molecule has 0 bridgehead atoms. The van der Waals surface area contributed by atoms with E-state index < -0.39 is 4.17 Å². The van der Waals surface area contributed by atoms with E-state index in [0.29, 0.717) is 0 Å². The predicted molar refractivity (Wildman–Crippen MR) is 61.8 cm³/mol. The van der Waals surface area contributed by atoms with Crippen LogP contribution >= 0.6 is 70.7 Å². The van der Waals surface area contributed by atoms with Crippen molar-refractivity contribution in [3.8, 4) is 0 Å². The fraction of sp³-hybridized carbons (Fsp3) is 0. The molecule has 0 saturated heterocycles. The van der Waals surface area contributed by atoms with Crippen LogP contribution in [0.3, 0.4) is 0 Å². The summed E-state index contributed by atoms with van der Waals surface area (Å²) >= 11 is 10.3. The molecule has 0 aliphatic heterocycles. The van der Waals surface area contributed by atoms with Crippen molar-refractivity contribution in [2.45, 2.75) is 0 Å². The number of halogens is 4. The van der Waals surface area contributed by atoms with E-state index in [-0.39, 0.29) is 51.4 Å². The van der Waals surface area contributed by atoms with E-state index in [4.69, 9.17) is 0 Å². The molecule has 0 unspecified atom stereocenters. The summed E-state index contributed by atoms with van der Waals surface area (Å²) in [4.78, 5) is 0. The molecule has 0 heterocycles. The second kappa shape index (κ2) is 7.16. The van der Waals surface area contributed by atoms with Gasteiger partial charge < -0.3 is 0 Å². The number of hydrogen-bond acceptors (Lipinski definition) is 0. The van der Waals surface area contributed by atoms with Gasteiger partial charge in [0.25, 0.3) is 0 Å². The molecule has 31 valence electrons. The minimum atomic E-state index is -1.51. The Morgan fingerprint density at radius 3 is 0.833 bits per heavy atom. The van der Waals surface area contributed by atoms with Gasteiger partial charge in [0.1, 0.15) is 0 Å². The Labute approximate surface area is 121 Å². The van der Waals surface area contributed by atoms with Crippen molar-refractivity contribution in [3.63, 3.8) is 0 Å². The topological polar surface area (TPSA) is 0 Å². The molecule has 0 aromatic heterocycles. The normalized spacial score (nSPS) is 7.33. The van der Waals surface area contributed by atoms with Crippen molar-refractivity contribution in [1.82, 2.24) is 0 Å². The van der Waals surface area contributed by atoms with Gasteiger partial charge in [-0.25, -0.2) is 0 Å². The zero-order valence-corrected chi connectivity index (χ0v) is 20.5. The smallest absolute Gasteiger partial charge is 0 e. The van der Waals surface area contributed by atoms with Crippen LogP contribution in [0.5, 0.6) is 0 Å². The third-order valence-electron chi connectivity index (χ3n) is 0. The molecule has 0 N–H and O–H groups in total. The van der Waals surface area contributed by atoms with E-state index in [1.165, 1.54) is 0 Å². The quantitative estimate of drug-likeness (QED) is 0.264. The molecule has 1 radical (unpaired) electrons. The van der Waals surface area contributed by atoms with Gasteiger partial charge in [0, 0.05) is 51.4 Å². The molecule has 0 aliphatic carbocycles. The maximum absolute atomic E-state index is 2.57. The summed E-state index contributed by atoms with van der Waals surface area (Å²) in [6, 6.07) is 0. The minimum Gasteiger partial charge on any atom is 0 e. The van der Waals surface area contributed by atoms with E-state index >= 15 is 0 Å². The van der Waals surface area contributed by atoms with Crippen molar-refractivity contribution in [2.75, 3.05) is 0 Å². The minimum absolute atomic E-state index is 0. The maximum Gasteiger partial charge on any atom is 0 e. The third-order valence-corrected chi connectivity index (χ3v) is 0. The second-order valence-corrected chi connectivity index (χ2v) is 239. The molecule has 0 aromatic carbocycles. The first-order valence-corrected chi connectivity index (χ1v) is 62.9. The molecule has 0 amide bonds. The Morgan fingerprint density at radius 1 is 0.833 bits per heavy atom. The van der Waals surface area contributed by atoms with Crippen molar-refractivity contribution < 1.29 is 4.17 Å². The molecular weight excluding hydrogens is 747 g/mol. The number of rotatable bonds is 0. The summed E-state index contributed by atoms with van der Waals surface area (Å²) in [5.41, 5.74) is 0. The van der Waals surface area contributed by atoms with Crippen LogP contribution in [-0.4, -0.2) is 51.4 Å². The van der Waals surface area contributed by atoms with Gasteiger partial charge in [-0.2, -0.15) is 0 Å². The first-order chi connectivity index (χ1) is 2.00. The predicted octanol–water partition coefficient (Wildman–Crippen LogP) is 3.16. The second-order valence-electron chi connectivity index (χ2n) is 0.606. The van der Waals surface area contributed by atoms with E-state index in [1.807, 2.05) is 0 Å². The average Bonchev–Trinajstić information content (AvgIpc) is 0.722. The van der Waals surface area contributed by atoms with Crippen LogP contribution in [0, 0.1) is 0 Å². The van der Waals surface area contributed by atoms with Crippen LogP contribution in [0.25, 0.3) is 0 Å². The zero-order chi connectivity index (χ0) is 4.50. The van der Waals surface area contributed by atoms with Crippen LogP contribution in [0.2, 0.25) is 0 Å². The third kappa shape index (κ3) is 22.7. The van der Waals surface area contributed by atoms with Gasteiger partial charge in [-0.3, -0.25) is 0 Å². The molecule has 0 aromatic rings. The van der Waals surface area contributed by atoms with Gasteiger partial charge in [-0.1, -0.05) is 0 Å². The van der Waals surface area contributed by atoms with Crippen LogP contribution < -0.4 is 0 Å². The Kier molecular flexibility index (Phi) is 16.7. The van der Waals surface area contributed by atoms with Gasteiger partial charge in [0.05, 0.1) is 0 Å². The first kappa shape index (κ1) is 14.0. The largest absolute Gasteiger partial charge is 0 e. The van der Waals surface area contributed by atoms with Crippen molar-refractivity contribution >= 4 is 122 Å². The summed E-state index contributed by atoms with van der Waals surface area (Å²) in [6.07, 6.45) is 0. The van der Waals surface area contributed by atoms with Crippen molar-refractivity contribution in [2.24, 2.45) is 0 Å². The Balaban J connectivity index is 0. The van der Waals surface area contributed by atoms with Gasteiger partial charge in [-0.05, 0) is 0 Å². The van der Waals surface area contributed by atoms with E-state index in [0.717, 1.165) is 0 Å². The zero-order valence-electron chi connectivity index (χ0n) is 3.22. The SMILES string of the molecule is [I][Hg]([I])([I])[I].[K]. The molecule has 0 aliphatic rings. The Hall–Kier alpha value is 5.49. The van der Waals surface area contributed by atoms with Crippen LogP contribution in [0.15, 0.2) is 0 Å². The van der Waals surface area contributed by atoms with E-state index in [2.05, 4.69) is 70.7 Å². The molecular formula is HgI4K. The van der Waals surface area contributed by atoms with Gasteiger partial charge in [0.15, 0.2) is 0 Å². The standard InChI is InChI=1S/Hg.4HI.K/h;4*1H;/q+4;;;;;/p-4. The summed E-state index contributed by atoms with van der Waals surface area (Å²) in [5, 5.41) is 0. The molecule has 0 atom stereocenters. The van der Waals surface area contributed by atoms with Crippen LogP contribution in [-0.2, 0) is 4.17 Å². The fourth-order valence-corrected chi connectivity index (χ4v) is 0. The summed E-state index contributed by atoms with van der Waals surface area (Å²) in [7, 11) is 0.